The van der Waals surface area contributed by atoms with E-state index in [9.17, 15) is 8.42 Å². The third kappa shape index (κ3) is 3.32. The van der Waals surface area contributed by atoms with E-state index in [1.807, 2.05) is 6.07 Å². The number of nitriles is 1. The summed E-state index contributed by atoms with van der Waals surface area (Å²) in [5, 5.41) is 8.97. The van der Waals surface area contributed by atoms with Crippen molar-refractivity contribution in [2.45, 2.75) is 43.5 Å². The molecule has 0 amide bonds. The van der Waals surface area contributed by atoms with E-state index in [4.69, 9.17) is 16.9 Å². The second-order valence-electron chi connectivity index (χ2n) is 5.24. The van der Waals surface area contributed by atoms with Gasteiger partial charge in [-0.15, -0.1) is 0 Å². The number of nitrogens with one attached hydrogen (secondary N) is 1. The zero-order valence-electron chi connectivity index (χ0n) is 11.3. The average Bonchev–Trinajstić information content (AvgIpc) is 2.41. The number of hydrogen-bond acceptors (Lipinski definition) is 3. The van der Waals surface area contributed by atoms with Crippen LogP contribution in [0, 0.1) is 17.2 Å². The summed E-state index contributed by atoms with van der Waals surface area (Å²) in [7, 11) is -3.58. The number of sulfonamides is 1. The molecule has 2 atom stereocenters. The molecule has 0 radical (unpaired) electrons. The van der Waals surface area contributed by atoms with Gasteiger partial charge in [-0.25, -0.2) is 13.1 Å². The van der Waals surface area contributed by atoms with Crippen molar-refractivity contribution < 1.29 is 8.42 Å². The molecule has 2 rings (SSSR count). The van der Waals surface area contributed by atoms with Gasteiger partial charge in [0.1, 0.15) is 6.07 Å². The molecule has 0 aromatic heterocycles. The first-order chi connectivity index (χ1) is 9.44. The molecule has 6 heteroatoms. The lowest BCUT2D eigenvalue weighted by Gasteiger charge is -2.29. The second kappa shape index (κ2) is 6.13. The molecule has 0 heterocycles. The topological polar surface area (TPSA) is 70.0 Å². The van der Waals surface area contributed by atoms with Crippen LogP contribution in [-0.4, -0.2) is 14.5 Å². The van der Waals surface area contributed by atoms with Gasteiger partial charge in [-0.05, 0) is 37.0 Å². The highest BCUT2D eigenvalue weighted by atomic mass is 35.5. The van der Waals surface area contributed by atoms with E-state index in [0.29, 0.717) is 5.92 Å². The fraction of sp³-hybridized carbons (Fsp3) is 0.500. The highest BCUT2D eigenvalue weighted by molar-refractivity contribution is 7.89. The van der Waals surface area contributed by atoms with Crippen molar-refractivity contribution in [1.29, 1.82) is 5.26 Å². The lowest BCUT2D eigenvalue weighted by atomic mass is 9.87. The molecule has 1 aromatic carbocycles. The Morgan fingerprint density at radius 2 is 2.05 bits per heavy atom. The normalized spacial score (nSPS) is 23.2. The standard InChI is InChI=1S/C14H17ClN2O2S/c1-10-4-2-3-5-14(10)17-20(18,19)12-7-6-11(9-16)13(15)8-12/h6-8,10,14,17H,2-5H2,1H3/t10-,14-/m0/s1. The zero-order valence-corrected chi connectivity index (χ0v) is 12.8. The maximum atomic E-state index is 12.3. The van der Waals surface area contributed by atoms with Crippen LogP contribution in [0.5, 0.6) is 0 Å². The molecule has 0 spiro atoms. The second-order valence-corrected chi connectivity index (χ2v) is 7.36. The van der Waals surface area contributed by atoms with Crippen molar-refractivity contribution in [3.8, 4) is 6.07 Å². The zero-order chi connectivity index (χ0) is 14.8. The van der Waals surface area contributed by atoms with Gasteiger partial charge >= 0.3 is 0 Å². The minimum Gasteiger partial charge on any atom is -0.208 e. The third-order valence-electron chi connectivity index (χ3n) is 3.79. The Labute approximate surface area is 124 Å². The van der Waals surface area contributed by atoms with Crippen molar-refractivity contribution >= 4 is 21.6 Å². The first kappa shape index (κ1) is 15.3. The van der Waals surface area contributed by atoms with Crippen LogP contribution in [0.4, 0.5) is 0 Å². The summed E-state index contributed by atoms with van der Waals surface area (Å²) in [5.41, 5.74) is 0.275. The largest absolute Gasteiger partial charge is 0.240 e. The molecule has 4 nitrogen and oxygen atoms in total. The number of nitrogens with zero attached hydrogens (tertiary/aromatic N) is 1. The monoisotopic (exact) mass is 312 g/mol. The van der Waals surface area contributed by atoms with Gasteiger partial charge in [0.2, 0.25) is 10.0 Å². The predicted molar refractivity (Wildman–Crippen MR) is 77.9 cm³/mol. The Bertz CT molecular complexity index is 637. The van der Waals surface area contributed by atoms with Gasteiger partial charge in [0.25, 0.3) is 0 Å². The van der Waals surface area contributed by atoms with Gasteiger partial charge in [-0.2, -0.15) is 5.26 Å². The Balaban J connectivity index is 2.22. The Morgan fingerprint density at radius 3 is 2.65 bits per heavy atom. The Kier molecular flexibility index (Phi) is 4.69. The quantitative estimate of drug-likeness (QED) is 0.932. The van der Waals surface area contributed by atoms with Crippen molar-refractivity contribution in [2.75, 3.05) is 0 Å². The smallest absolute Gasteiger partial charge is 0.208 e. The van der Waals surface area contributed by atoms with E-state index in [1.165, 1.54) is 18.2 Å². The summed E-state index contributed by atoms with van der Waals surface area (Å²) in [4.78, 5) is 0.110. The first-order valence-electron chi connectivity index (χ1n) is 6.66. The van der Waals surface area contributed by atoms with Crippen molar-refractivity contribution in [2.24, 2.45) is 5.92 Å². The summed E-state index contributed by atoms with van der Waals surface area (Å²) in [6, 6.07) is 6.07. The van der Waals surface area contributed by atoms with Crippen LogP contribution in [0.1, 0.15) is 38.2 Å². The van der Waals surface area contributed by atoms with E-state index in [1.54, 1.807) is 0 Å². The molecule has 1 aliphatic carbocycles. The minimum absolute atomic E-state index is 0.0248. The van der Waals surface area contributed by atoms with Crippen LogP contribution < -0.4 is 4.72 Å². The van der Waals surface area contributed by atoms with Gasteiger partial charge in [0, 0.05) is 6.04 Å². The summed E-state index contributed by atoms with van der Waals surface area (Å²) >= 11 is 5.89. The first-order valence-corrected chi connectivity index (χ1v) is 8.52. The molecule has 1 aromatic rings. The SMILES string of the molecule is C[C@H]1CCCC[C@@H]1NS(=O)(=O)c1ccc(C#N)c(Cl)c1. The van der Waals surface area contributed by atoms with Gasteiger partial charge in [0.15, 0.2) is 0 Å². The van der Waals surface area contributed by atoms with Gasteiger partial charge in [0.05, 0.1) is 15.5 Å². The molecule has 0 aliphatic heterocycles. The number of halogens is 1. The lowest BCUT2D eigenvalue weighted by Crippen LogP contribution is -2.40. The van der Waals surface area contributed by atoms with Crippen LogP contribution in [0.2, 0.25) is 5.02 Å². The van der Waals surface area contributed by atoms with Gasteiger partial charge in [-0.3, -0.25) is 0 Å². The summed E-state index contributed by atoms with van der Waals surface area (Å²) < 4.78 is 27.4. The molecular formula is C14H17ClN2O2S. The van der Waals surface area contributed by atoms with E-state index >= 15 is 0 Å². The van der Waals surface area contributed by atoms with E-state index in [2.05, 4.69) is 11.6 Å². The van der Waals surface area contributed by atoms with Crippen LogP contribution >= 0.6 is 11.6 Å². The molecule has 1 aliphatic rings. The molecule has 0 unspecified atom stereocenters. The predicted octanol–water partition coefficient (Wildman–Crippen LogP) is 3.07. The van der Waals surface area contributed by atoms with Crippen molar-refractivity contribution in [1.82, 2.24) is 4.72 Å². The highest BCUT2D eigenvalue weighted by Crippen LogP contribution is 2.26. The van der Waals surface area contributed by atoms with E-state index in [-0.39, 0.29) is 21.5 Å². The Morgan fingerprint density at radius 1 is 1.35 bits per heavy atom. The molecule has 20 heavy (non-hydrogen) atoms. The number of benzene rings is 1. The summed E-state index contributed by atoms with van der Waals surface area (Å²) in [5.74, 6) is 0.340. The van der Waals surface area contributed by atoms with Crippen molar-refractivity contribution in [3.05, 3.63) is 28.8 Å². The Hall–Kier alpha value is -1.09. The highest BCUT2D eigenvalue weighted by Gasteiger charge is 2.27. The molecule has 108 valence electrons. The molecule has 0 saturated heterocycles. The number of hydrogen-bond donors (Lipinski definition) is 1. The average molecular weight is 313 g/mol. The van der Waals surface area contributed by atoms with Crippen LogP contribution in [0.3, 0.4) is 0 Å². The van der Waals surface area contributed by atoms with Crippen LogP contribution in [0.15, 0.2) is 23.1 Å². The summed E-state index contributed by atoms with van der Waals surface area (Å²) in [6.07, 6.45) is 4.11. The molecule has 0 bridgehead atoms. The lowest BCUT2D eigenvalue weighted by molar-refractivity contribution is 0.310. The minimum atomic E-state index is -3.58. The maximum absolute atomic E-state index is 12.3. The van der Waals surface area contributed by atoms with Crippen LogP contribution in [0.25, 0.3) is 0 Å². The van der Waals surface area contributed by atoms with Gasteiger partial charge < -0.3 is 0 Å². The molecule has 1 N–H and O–H groups in total. The summed E-state index contributed by atoms with van der Waals surface area (Å²) in [6.45, 7) is 2.07. The van der Waals surface area contributed by atoms with E-state index < -0.39 is 10.0 Å². The van der Waals surface area contributed by atoms with E-state index in [0.717, 1.165) is 25.7 Å². The molecule has 1 saturated carbocycles. The fourth-order valence-corrected chi connectivity index (χ4v) is 4.20. The van der Waals surface area contributed by atoms with Crippen LogP contribution in [-0.2, 0) is 10.0 Å². The maximum Gasteiger partial charge on any atom is 0.240 e. The molecule has 1 fully saturated rings. The fourth-order valence-electron chi connectivity index (χ4n) is 2.51. The van der Waals surface area contributed by atoms with Gasteiger partial charge in [-0.1, -0.05) is 31.4 Å². The third-order valence-corrected chi connectivity index (χ3v) is 5.59. The number of rotatable bonds is 3. The molecular weight excluding hydrogens is 296 g/mol. The van der Waals surface area contributed by atoms with Crippen molar-refractivity contribution in [3.63, 3.8) is 0 Å².